The fourth-order valence-electron chi connectivity index (χ4n) is 2.21. The summed E-state index contributed by atoms with van der Waals surface area (Å²) in [6.07, 6.45) is 1.60. The quantitative estimate of drug-likeness (QED) is 0.873. The number of methoxy groups -OCH3 is 1. The average molecular weight is 248 g/mol. The summed E-state index contributed by atoms with van der Waals surface area (Å²) < 4.78 is 10.7. The molecule has 1 aliphatic heterocycles. The van der Waals surface area contributed by atoms with Gasteiger partial charge in [-0.1, -0.05) is 43.3 Å². The third-order valence-corrected chi connectivity index (χ3v) is 3.15. The van der Waals surface area contributed by atoms with Crippen molar-refractivity contribution in [3.8, 4) is 0 Å². The van der Waals surface area contributed by atoms with E-state index in [1.54, 1.807) is 7.11 Å². The Kier molecular flexibility index (Phi) is 4.53. The molecule has 3 atom stereocenters. The highest BCUT2D eigenvalue weighted by Gasteiger charge is 2.28. The van der Waals surface area contributed by atoms with Crippen LogP contribution in [0.1, 0.15) is 18.9 Å². The van der Waals surface area contributed by atoms with Crippen LogP contribution in [0, 0.1) is 5.92 Å². The molecule has 3 nitrogen and oxygen atoms in total. The maximum absolute atomic E-state index is 10.3. The zero-order valence-corrected chi connectivity index (χ0v) is 10.9. The van der Waals surface area contributed by atoms with Gasteiger partial charge in [0.05, 0.1) is 6.61 Å². The van der Waals surface area contributed by atoms with Crippen LogP contribution in [0.4, 0.5) is 0 Å². The normalized spacial score (nSPS) is 31.3. The lowest BCUT2D eigenvalue weighted by Crippen LogP contribution is -2.30. The number of hydrogen-bond acceptors (Lipinski definition) is 3. The summed E-state index contributed by atoms with van der Waals surface area (Å²) in [5.74, 6) is 0.384. The number of aliphatic hydroxyl groups is 1. The summed E-state index contributed by atoms with van der Waals surface area (Å²) >= 11 is 0. The van der Waals surface area contributed by atoms with Gasteiger partial charge < -0.3 is 14.6 Å². The van der Waals surface area contributed by atoms with E-state index in [-0.39, 0.29) is 0 Å². The summed E-state index contributed by atoms with van der Waals surface area (Å²) in [5.41, 5.74) is 2.06. The van der Waals surface area contributed by atoms with Gasteiger partial charge in [-0.15, -0.1) is 0 Å². The Morgan fingerprint density at radius 1 is 1.33 bits per heavy atom. The van der Waals surface area contributed by atoms with Crippen molar-refractivity contribution in [3.05, 3.63) is 41.5 Å². The van der Waals surface area contributed by atoms with Crippen molar-refractivity contribution in [3.63, 3.8) is 0 Å². The van der Waals surface area contributed by atoms with Gasteiger partial charge in [0.2, 0.25) is 0 Å². The average Bonchev–Trinajstić information content (AvgIpc) is 2.51. The molecule has 0 bridgehead atoms. The Hall–Kier alpha value is -1.16. The smallest absolute Gasteiger partial charge is 0.187 e. The maximum atomic E-state index is 10.3. The molecule has 1 heterocycles. The van der Waals surface area contributed by atoms with Gasteiger partial charge in [0.15, 0.2) is 6.29 Å². The fourth-order valence-corrected chi connectivity index (χ4v) is 2.21. The van der Waals surface area contributed by atoms with E-state index >= 15 is 0 Å². The molecule has 1 aliphatic rings. The molecule has 18 heavy (non-hydrogen) atoms. The lowest BCUT2D eigenvalue weighted by molar-refractivity contribution is -0.167. The fraction of sp³-hybridized carbons (Fsp3) is 0.467. The van der Waals surface area contributed by atoms with Gasteiger partial charge in [-0.25, -0.2) is 0 Å². The van der Waals surface area contributed by atoms with Crippen molar-refractivity contribution in [1.29, 1.82) is 0 Å². The third-order valence-electron chi connectivity index (χ3n) is 3.15. The second-order valence-corrected chi connectivity index (χ2v) is 4.82. The monoisotopic (exact) mass is 248 g/mol. The molecular weight excluding hydrogens is 228 g/mol. The molecular formula is C15H20O3. The first-order valence-corrected chi connectivity index (χ1v) is 6.28. The van der Waals surface area contributed by atoms with E-state index in [1.165, 1.54) is 0 Å². The number of ether oxygens (including phenoxy) is 2. The maximum Gasteiger partial charge on any atom is 0.187 e. The topological polar surface area (TPSA) is 38.7 Å². The first-order valence-electron chi connectivity index (χ1n) is 6.28. The van der Waals surface area contributed by atoms with Crippen molar-refractivity contribution in [2.45, 2.75) is 25.7 Å². The van der Waals surface area contributed by atoms with Gasteiger partial charge in [-0.2, -0.15) is 0 Å². The lowest BCUT2D eigenvalue weighted by atomic mass is 9.96. The molecule has 0 radical (unpaired) electrons. The van der Waals surface area contributed by atoms with Crippen LogP contribution in [0.2, 0.25) is 0 Å². The van der Waals surface area contributed by atoms with Crippen LogP contribution in [-0.4, -0.2) is 31.2 Å². The molecule has 2 rings (SSSR count). The predicted octanol–water partition coefficient (Wildman–Crippen LogP) is 2.46. The Morgan fingerprint density at radius 3 is 2.72 bits per heavy atom. The number of benzene rings is 1. The number of rotatable bonds is 2. The molecule has 1 saturated heterocycles. The Morgan fingerprint density at radius 2 is 2.06 bits per heavy atom. The van der Waals surface area contributed by atoms with Crippen LogP contribution in [0.15, 0.2) is 35.9 Å². The zero-order valence-electron chi connectivity index (χ0n) is 10.9. The SMILES string of the molecule is CO[C@H]1OC[C@@H](C)C/C(=C\c2ccccc2)[C@@H]1O. The largest absolute Gasteiger partial charge is 0.383 e. The standard InChI is InChI=1S/C15H20O3/c1-11-8-13(9-12-6-4-3-5-7-12)14(16)15(17-2)18-10-11/h3-7,9,11,14-16H,8,10H2,1-2H3/b13-9+/t11-,14-,15-/m0/s1. The highest BCUT2D eigenvalue weighted by Crippen LogP contribution is 2.26. The minimum absolute atomic E-state index is 0.384. The van der Waals surface area contributed by atoms with Crippen LogP contribution in [0.3, 0.4) is 0 Å². The molecule has 0 saturated carbocycles. The van der Waals surface area contributed by atoms with Gasteiger partial charge in [0.1, 0.15) is 6.10 Å². The van der Waals surface area contributed by atoms with Gasteiger partial charge in [-0.05, 0) is 23.5 Å². The Balaban J connectivity index is 2.25. The highest BCUT2D eigenvalue weighted by atomic mass is 16.7. The molecule has 0 unspecified atom stereocenters. The second kappa shape index (κ2) is 6.14. The second-order valence-electron chi connectivity index (χ2n) is 4.82. The van der Waals surface area contributed by atoms with Crippen LogP contribution in [-0.2, 0) is 9.47 Å². The van der Waals surface area contributed by atoms with E-state index in [9.17, 15) is 5.11 Å². The zero-order chi connectivity index (χ0) is 13.0. The number of aliphatic hydroxyl groups excluding tert-OH is 1. The van der Waals surface area contributed by atoms with Crippen molar-refractivity contribution < 1.29 is 14.6 Å². The van der Waals surface area contributed by atoms with E-state index in [2.05, 4.69) is 6.92 Å². The Labute approximate surface area is 108 Å². The van der Waals surface area contributed by atoms with Crippen molar-refractivity contribution >= 4 is 6.08 Å². The predicted molar refractivity (Wildman–Crippen MR) is 71.0 cm³/mol. The summed E-state index contributed by atoms with van der Waals surface area (Å²) in [4.78, 5) is 0. The summed E-state index contributed by atoms with van der Waals surface area (Å²) in [6.45, 7) is 2.73. The van der Waals surface area contributed by atoms with Crippen molar-refractivity contribution in [2.24, 2.45) is 5.92 Å². The van der Waals surface area contributed by atoms with Gasteiger partial charge in [0.25, 0.3) is 0 Å². The molecule has 1 aromatic rings. The minimum atomic E-state index is -0.694. The molecule has 1 fully saturated rings. The van der Waals surface area contributed by atoms with E-state index in [4.69, 9.17) is 9.47 Å². The summed E-state index contributed by atoms with van der Waals surface area (Å²) in [6, 6.07) is 10.0. The molecule has 98 valence electrons. The first kappa shape index (κ1) is 13.3. The molecule has 0 spiro atoms. The van der Waals surface area contributed by atoms with E-state index in [0.29, 0.717) is 12.5 Å². The van der Waals surface area contributed by atoms with E-state index in [0.717, 1.165) is 17.6 Å². The van der Waals surface area contributed by atoms with Crippen LogP contribution in [0.5, 0.6) is 0 Å². The summed E-state index contributed by atoms with van der Waals surface area (Å²) in [7, 11) is 1.56. The summed E-state index contributed by atoms with van der Waals surface area (Å²) in [5, 5.41) is 10.3. The minimum Gasteiger partial charge on any atom is -0.383 e. The third kappa shape index (κ3) is 3.19. The van der Waals surface area contributed by atoms with Gasteiger partial charge in [-0.3, -0.25) is 0 Å². The van der Waals surface area contributed by atoms with Gasteiger partial charge in [0, 0.05) is 7.11 Å². The van der Waals surface area contributed by atoms with Crippen LogP contribution < -0.4 is 0 Å². The molecule has 0 aromatic heterocycles. The van der Waals surface area contributed by atoms with Crippen LogP contribution in [0.25, 0.3) is 6.08 Å². The molecule has 1 N–H and O–H groups in total. The lowest BCUT2D eigenvalue weighted by Gasteiger charge is -2.20. The highest BCUT2D eigenvalue weighted by molar-refractivity contribution is 5.53. The van der Waals surface area contributed by atoms with Crippen LogP contribution >= 0.6 is 0 Å². The first-order chi connectivity index (χ1) is 8.70. The molecule has 3 heteroatoms. The van der Waals surface area contributed by atoms with E-state index in [1.807, 2.05) is 36.4 Å². The van der Waals surface area contributed by atoms with Crippen molar-refractivity contribution in [1.82, 2.24) is 0 Å². The molecule has 0 aliphatic carbocycles. The van der Waals surface area contributed by atoms with Gasteiger partial charge >= 0.3 is 0 Å². The number of hydrogen-bond donors (Lipinski definition) is 1. The van der Waals surface area contributed by atoms with Crippen molar-refractivity contribution in [2.75, 3.05) is 13.7 Å². The Bertz CT molecular complexity index is 399. The molecule has 1 aromatic carbocycles. The molecule has 0 amide bonds. The van der Waals surface area contributed by atoms with E-state index < -0.39 is 12.4 Å².